The van der Waals surface area contributed by atoms with Gasteiger partial charge in [-0.05, 0) is 55.3 Å². The molecule has 6 rings (SSSR count). The molecule has 11 nitrogen and oxygen atoms in total. The van der Waals surface area contributed by atoms with Gasteiger partial charge in [0.15, 0.2) is 5.75 Å². The Morgan fingerprint density at radius 3 is 2.60 bits per heavy atom. The van der Waals surface area contributed by atoms with Crippen molar-refractivity contribution < 1.29 is 18.3 Å². The van der Waals surface area contributed by atoms with Crippen molar-refractivity contribution in [2.45, 2.75) is 39.0 Å². The van der Waals surface area contributed by atoms with Gasteiger partial charge in [-0.25, -0.2) is 13.8 Å². The molecule has 4 aromatic rings. The van der Waals surface area contributed by atoms with Crippen molar-refractivity contribution in [3.05, 3.63) is 64.7 Å². The Balaban J connectivity index is 1.33. The monoisotopic (exact) mass is 573 g/mol. The predicted molar refractivity (Wildman–Crippen MR) is 152 cm³/mol. The van der Waals surface area contributed by atoms with Crippen LogP contribution in [0.25, 0.3) is 11.4 Å². The summed E-state index contributed by atoms with van der Waals surface area (Å²) in [5, 5.41) is 15.6. The van der Waals surface area contributed by atoms with E-state index in [1.54, 1.807) is 25.2 Å². The number of rotatable bonds is 8. The highest BCUT2D eigenvalue weighted by molar-refractivity contribution is 5.99. The summed E-state index contributed by atoms with van der Waals surface area (Å²) in [6, 6.07) is 10.8. The van der Waals surface area contributed by atoms with Crippen LogP contribution in [0, 0.1) is 6.92 Å². The summed E-state index contributed by atoms with van der Waals surface area (Å²) in [6.07, 6.45) is -0.374. The predicted octanol–water partition coefficient (Wildman–Crippen LogP) is 4.45. The summed E-state index contributed by atoms with van der Waals surface area (Å²) in [5.74, 6) is 0.838. The summed E-state index contributed by atoms with van der Waals surface area (Å²) in [4.78, 5) is 29.7. The Labute approximate surface area is 240 Å². The van der Waals surface area contributed by atoms with Crippen LogP contribution in [-0.2, 0) is 19.9 Å². The highest BCUT2D eigenvalue weighted by Gasteiger charge is 2.27. The first-order valence-electron chi connectivity index (χ1n) is 13.6. The van der Waals surface area contributed by atoms with Crippen LogP contribution < -0.4 is 10.1 Å². The molecular weight excluding hydrogens is 544 g/mol. The second kappa shape index (κ2) is 11.2. The van der Waals surface area contributed by atoms with Gasteiger partial charge in [-0.3, -0.25) is 14.8 Å². The van der Waals surface area contributed by atoms with E-state index in [1.165, 1.54) is 11.9 Å². The number of amides is 1. The third-order valence-corrected chi connectivity index (χ3v) is 7.34. The molecule has 1 aromatic carbocycles. The van der Waals surface area contributed by atoms with Crippen molar-refractivity contribution in [2.75, 3.05) is 25.5 Å². The number of para-hydroxylation sites is 1. The van der Waals surface area contributed by atoms with E-state index in [1.807, 2.05) is 30.0 Å². The van der Waals surface area contributed by atoms with E-state index in [-0.39, 0.29) is 18.0 Å². The first-order chi connectivity index (χ1) is 20.3. The van der Waals surface area contributed by atoms with Crippen LogP contribution in [0.4, 0.5) is 25.8 Å². The third-order valence-electron chi connectivity index (χ3n) is 7.34. The largest absolute Gasteiger partial charge is 0.494 e. The van der Waals surface area contributed by atoms with Crippen LogP contribution in [-0.4, -0.2) is 73.3 Å². The fourth-order valence-corrected chi connectivity index (χ4v) is 5.35. The number of benzene rings is 1. The smallest absolute Gasteiger partial charge is 0.277 e. The van der Waals surface area contributed by atoms with Crippen molar-refractivity contribution in [3.63, 3.8) is 0 Å². The first-order valence-corrected chi connectivity index (χ1v) is 13.6. The molecule has 1 fully saturated rings. The molecule has 0 radical (unpaired) electrons. The van der Waals surface area contributed by atoms with Gasteiger partial charge < -0.3 is 15.0 Å². The van der Waals surface area contributed by atoms with Crippen LogP contribution in [0.15, 0.2) is 41.4 Å². The molecule has 0 aliphatic carbocycles. The van der Waals surface area contributed by atoms with Crippen molar-refractivity contribution in [1.29, 1.82) is 0 Å². The molecule has 216 valence electrons. The molecule has 2 aliphatic heterocycles. The molecule has 42 heavy (non-hydrogen) atoms. The number of aliphatic imine (C=N–C) groups is 1. The molecule has 13 heteroatoms. The molecule has 0 unspecified atom stereocenters. The Hall–Kier alpha value is -4.81. The van der Waals surface area contributed by atoms with Crippen molar-refractivity contribution in [1.82, 2.24) is 35.1 Å². The Kier molecular flexibility index (Phi) is 7.31. The van der Waals surface area contributed by atoms with Crippen LogP contribution in [0.3, 0.4) is 0 Å². The van der Waals surface area contributed by atoms with Gasteiger partial charge in [0.05, 0.1) is 53.8 Å². The number of halogens is 2. The van der Waals surface area contributed by atoms with Gasteiger partial charge in [0, 0.05) is 37.3 Å². The fraction of sp³-hybridized carbons (Fsp3) is 0.345. The lowest BCUT2D eigenvalue weighted by Crippen LogP contribution is -2.28. The van der Waals surface area contributed by atoms with Crippen molar-refractivity contribution >= 4 is 28.7 Å². The van der Waals surface area contributed by atoms with Gasteiger partial charge in [-0.15, -0.1) is 10.2 Å². The maximum Gasteiger partial charge on any atom is 0.277 e. The Morgan fingerprint density at radius 1 is 1.10 bits per heavy atom. The number of fused-ring (bicyclic) bond motifs is 1. The number of tetrazole rings is 1. The van der Waals surface area contributed by atoms with E-state index in [9.17, 15) is 13.6 Å². The zero-order chi connectivity index (χ0) is 29.4. The molecule has 0 spiro atoms. The minimum absolute atomic E-state index is 0.00395. The molecule has 2 aliphatic rings. The van der Waals surface area contributed by atoms with E-state index in [0.717, 1.165) is 25.9 Å². The Bertz CT molecular complexity index is 1700. The highest BCUT2D eigenvalue weighted by atomic mass is 19.3. The fourth-order valence-electron chi connectivity index (χ4n) is 5.35. The molecule has 1 saturated heterocycles. The van der Waals surface area contributed by atoms with E-state index < -0.39 is 6.43 Å². The molecule has 1 N–H and O–H groups in total. The number of likely N-dealkylation sites (tertiary alicyclic amines) is 1. The lowest BCUT2D eigenvalue weighted by atomic mass is 10.1. The molecular formula is C29H29F2N9O2. The van der Waals surface area contributed by atoms with Gasteiger partial charge in [0.1, 0.15) is 5.69 Å². The lowest BCUT2D eigenvalue weighted by Gasteiger charge is -2.17. The third kappa shape index (κ3) is 5.29. The van der Waals surface area contributed by atoms with Crippen LogP contribution in [0.2, 0.25) is 0 Å². The molecule has 0 atom stereocenters. The SMILES string of the molecule is COc1c(Nc2cc(Cc3ccc(C(=O)N4CCCC4)c(C)n3)nc3c2N=C(C(F)F)C3)cccc1-c1nnn(C)n1. The number of anilines is 2. The quantitative estimate of drug-likeness (QED) is 0.328. The van der Waals surface area contributed by atoms with Crippen LogP contribution in [0.5, 0.6) is 5.75 Å². The number of pyridine rings is 2. The number of methoxy groups -OCH3 is 1. The number of hydrogen-bond donors (Lipinski definition) is 1. The van der Waals surface area contributed by atoms with E-state index in [0.29, 0.717) is 69.0 Å². The van der Waals surface area contributed by atoms with E-state index >= 15 is 0 Å². The summed E-state index contributed by atoms with van der Waals surface area (Å²) < 4.78 is 33.0. The Morgan fingerprint density at radius 2 is 1.90 bits per heavy atom. The molecule has 0 bridgehead atoms. The number of aromatic nitrogens is 6. The number of hydrogen-bond acceptors (Lipinski definition) is 9. The van der Waals surface area contributed by atoms with Gasteiger partial charge >= 0.3 is 0 Å². The number of nitrogens with one attached hydrogen (secondary N) is 1. The maximum absolute atomic E-state index is 13.7. The van der Waals surface area contributed by atoms with Crippen molar-refractivity contribution in [2.24, 2.45) is 12.0 Å². The maximum atomic E-state index is 13.7. The van der Waals surface area contributed by atoms with Gasteiger partial charge in [-0.2, -0.15) is 4.80 Å². The summed E-state index contributed by atoms with van der Waals surface area (Å²) >= 11 is 0. The zero-order valence-corrected chi connectivity index (χ0v) is 23.4. The van der Waals surface area contributed by atoms with E-state index in [2.05, 4.69) is 35.7 Å². The second-order valence-corrected chi connectivity index (χ2v) is 10.3. The number of carbonyl (C=O) groups excluding carboxylic acids is 1. The van der Waals surface area contributed by atoms with Gasteiger partial charge in [0.25, 0.3) is 12.3 Å². The molecule has 1 amide bonds. The lowest BCUT2D eigenvalue weighted by molar-refractivity contribution is 0.0791. The highest BCUT2D eigenvalue weighted by Crippen LogP contribution is 2.41. The molecule has 5 heterocycles. The summed E-state index contributed by atoms with van der Waals surface area (Å²) in [5.41, 5.74) is 4.83. The molecule has 0 saturated carbocycles. The first kappa shape index (κ1) is 27.4. The number of alkyl halides is 2. The summed E-state index contributed by atoms with van der Waals surface area (Å²) in [6.45, 7) is 3.35. The minimum atomic E-state index is -2.69. The average molecular weight is 574 g/mol. The van der Waals surface area contributed by atoms with Crippen LogP contribution >= 0.6 is 0 Å². The topological polar surface area (TPSA) is 123 Å². The normalized spacial score (nSPS) is 14.3. The average Bonchev–Trinajstić information content (AvgIpc) is 3.74. The second-order valence-electron chi connectivity index (χ2n) is 10.3. The van der Waals surface area contributed by atoms with Crippen LogP contribution in [0.1, 0.15) is 46.0 Å². The van der Waals surface area contributed by atoms with Crippen molar-refractivity contribution in [3.8, 4) is 17.1 Å². The molecule has 3 aromatic heterocycles. The number of ether oxygens (including phenoxy) is 1. The standard InChI is InChI=1S/C29H29F2N9O2/c1-16-19(29(41)40-11-4-5-12-40)10-9-17(32-16)13-18-14-22(25-23(33-18)15-24(35-25)27(30)31)34-21-8-6-7-20(26(21)42-3)28-36-38-39(2)37-28/h6-10,14,27H,4-5,11-13,15H2,1-3H3,(H,33,34). The summed E-state index contributed by atoms with van der Waals surface area (Å²) in [7, 11) is 3.20. The van der Waals surface area contributed by atoms with Gasteiger partial charge in [0.2, 0.25) is 5.82 Å². The minimum Gasteiger partial charge on any atom is -0.494 e. The van der Waals surface area contributed by atoms with E-state index in [4.69, 9.17) is 4.74 Å². The van der Waals surface area contributed by atoms with Gasteiger partial charge in [-0.1, -0.05) is 6.07 Å². The number of nitrogens with zero attached hydrogens (tertiary/aromatic N) is 8. The number of carbonyl (C=O) groups is 1. The number of aryl methyl sites for hydroxylation is 2. The zero-order valence-electron chi connectivity index (χ0n) is 23.4.